The quantitative estimate of drug-likeness (QED) is 0.735. The first-order chi connectivity index (χ1) is 11.6. The van der Waals surface area contributed by atoms with Crippen molar-refractivity contribution in [1.82, 2.24) is 0 Å². The number of fused-ring (bicyclic) bond motifs is 3. The number of ether oxygens (including phenoxy) is 1. The van der Waals surface area contributed by atoms with Crippen molar-refractivity contribution in [2.75, 3.05) is 6.61 Å². The molecule has 7 atom stereocenters. The molecule has 1 spiro atoms. The van der Waals surface area contributed by atoms with Gasteiger partial charge < -0.3 is 9.84 Å². The highest BCUT2D eigenvalue weighted by Crippen LogP contribution is 2.72. The second kappa shape index (κ2) is 5.47. The van der Waals surface area contributed by atoms with E-state index in [9.17, 15) is 9.90 Å². The number of hydrogen-bond donors (Lipinski definition) is 1. The molecule has 0 unspecified atom stereocenters. The van der Waals surface area contributed by atoms with Crippen molar-refractivity contribution in [2.24, 2.45) is 34.0 Å². The summed E-state index contributed by atoms with van der Waals surface area (Å²) in [6.45, 7) is 9.12. The largest absolute Gasteiger partial charge is 0.465 e. The lowest BCUT2D eigenvalue weighted by atomic mass is 9.41. The summed E-state index contributed by atoms with van der Waals surface area (Å²) >= 11 is 0. The first kappa shape index (κ1) is 17.8. The average Bonchev–Trinajstić information content (AvgIpc) is 2.70. The number of carbonyl (C=O) groups excluding carboxylic acids is 1. The molecule has 0 aliphatic heterocycles. The van der Waals surface area contributed by atoms with E-state index in [0.29, 0.717) is 29.3 Å². The molecule has 0 aromatic carbocycles. The predicted octanol–water partition coefficient (Wildman–Crippen LogP) is 4.71. The van der Waals surface area contributed by atoms with Crippen LogP contribution in [0.1, 0.15) is 85.5 Å². The molecule has 3 heteroatoms. The van der Waals surface area contributed by atoms with Crippen LogP contribution >= 0.6 is 0 Å². The Bertz CT molecular complexity index is 570. The Hall–Kier alpha value is -0.570. The minimum absolute atomic E-state index is 0.123. The van der Waals surface area contributed by atoms with E-state index >= 15 is 0 Å². The molecule has 0 aromatic heterocycles. The fraction of sp³-hybridized carbons (Fsp3) is 0.955. The summed E-state index contributed by atoms with van der Waals surface area (Å²) in [7, 11) is 0. The van der Waals surface area contributed by atoms with Crippen LogP contribution in [0.3, 0.4) is 0 Å². The Labute approximate surface area is 152 Å². The van der Waals surface area contributed by atoms with Gasteiger partial charge in [-0.3, -0.25) is 4.79 Å². The van der Waals surface area contributed by atoms with Gasteiger partial charge in [0.15, 0.2) is 0 Å². The molecule has 25 heavy (non-hydrogen) atoms. The van der Waals surface area contributed by atoms with Gasteiger partial charge in [-0.15, -0.1) is 0 Å². The highest BCUT2D eigenvalue weighted by Gasteiger charge is 2.66. The monoisotopic (exact) mass is 348 g/mol. The van der Waals surface area contributed by atoms with Crippen molar-refractivity contribution in [3.05, 3.63) is 0 Å². The molecule has 4 saturated carbocycles. The maximum absolute atomic E-state index is 11.4. The van der Waals surface area contributed by atoms with Crippen LogP contribution < -0.4 is 0 Å². The molecule has 0 radical (unpaired) electrons. The van der Waals surface area contributed by atoms with Crippen molar-refractivity contribution in [2.45, 2.75) is 91.1 Å². The first-order valence-corrected chi connectivity index (χ1v) is 10.5. The lowest BCUT2D eigenvalue weighted by Crippen LogP contribution is -2.57. The minimum atomic E-state index is -0.451. The van der Waals surface area contributed by atoms with E-state index in [2.05, 4.69) is 20.8 Å². The maximum Gasteiger partial charge on any atom is 0.302 e. The first-order valence-electron chi connectivity index (χ1n) is 10.5. The summed E-state index contributed by atoms with van der Waals surface area (Å²) in [6, 6.07) is 0. The number of carbonyl (C=O) groups is 1. The Morgan fingerprint density at radius 1 is 1.08 bits per heavy atom. The second-order valence-electron chi connectivity index (χ2n) is 10.8. The highest BCUT2D eigenvalue weighted by atomic mass is 16.5. The molecule has 0 aromatic rings. The summed E-state index contributed by atoms with van der Waals surface area (Å²) in [5.41, 5.74) is 0.389. The molecule has 142 valence electrons. The van der Waals surface area contributed by atoms with Crippen LogP contribution in [0, 0.1) is 34.0 Å². The van der Waals surface area contributed by atoms with E-state index in [1.165, 1.54) is 58.3 Å². The van der Waals surface area contributed by atoms with Crippen LogP contribution in [-0.2, 0) is 9.53 Å². The third-order valence-electron chi connectivity index (χ3n) is 9.22. The van der Waals surface area contributed by atoms with E-state index in [-0.39, 0.29) is 11.4 Å². The van der Waals surface area contributed by atoms with Crippen LogP contribution in [0.2, 0.25) is 0 Å². The summed E-state index contributed by atoms with van der Waals surface area (Å²) < 4.78 is 5.53. The summed E-state index contributed by atoms with van der Waals surface area (Å²) in [5, 5.41) is 11.0. The Balaban J connectivity index is 1.64. The van der Waals surface area contributed by atoms with Gasteiger partial charge in [0.2, 0.25) is 0 Å². The molecule has 3 nitrogen and oxygen atoms in total. The van der Waals surface area contributed by atoms with E-state index in [1.54, 1.807) is 0 Å². The zero-order valence-corrected chi connectivity index (χ0v) is 16.6. The number of hydrogen-bond acceptors (Lipinski definition) is 3. The van der Waals surface area contributed by atoms with Crippen LogP contribution in [0.5, 0.6) is 0 Å². The van der Waals surface area contributed by atoms with Gasteiger partial charge in [0.1, 0.15) is 0 Å². The number of esters is 1. The van der Waals surface area contributed by atoms with Gasteiger partial charge in [-0.2, -0.15) is 0 Å². The van der Waals surface area contributed by atoms with Gasteiger partial charge in [-0.1, -0.05) is 20.3 Å². The van der Waals surface area contributed by atoms with E-state index in [1.807, 2.05) is 0 Å². The molecular formula is C22H36O3. The van der Waals surface area contributed by atoms with Gasteiger partial charge in [0.25, 0.3) is 0 Å². The van der Waals surface area contributed by atoms with Crippen molar-refractivity contribution < 1.29 is 14.6 Å². The standard InChI is InChI=1S/C22H36O3/c1-15(23)25-14-19(2)9-5-10-20(3)17(19)8-11-22-12-16(6-7-18(20)22)21(4,24)13-22/h16-18,24H,5-14H2,1-4H3/t16-,17+,18-,19-,20+,21+,22-/m0/s1. The van der Waals surface area contributed by atoms with Gasteiger partial charge >= 0.3 is 5.97 Å². The van der Waals surface area contributed by atoms with Gasteiger partial charge in [0.05, 0.1) is 12.2 Å². The fourth-order valence-electron chi connectivity index (χ4n) is 8.37. The predicted molar refractivity (Wildman–Crippen MR) is 97.9 cm³/mol. The molecular weight excluding hydrogens is 312 g/mol. The molecule has 4 rings (SSSR count). The van der Waals surface area contributed by atoms with Gasteiger partial charge in [-0.05, 0) is 86.9 Å². The molecule has 0 heterocycles. The lowest BCUT2D eigenvalue weighted by Gasteiger charge is -2.64. The molecule has 0 saturated heterocycles. The van der Waals surface area contributed by atoms with E-state index in [4.69, 9.17) is 4.74 Å². The molecule has 4 aliphatic carbocycles. The van der Waals surface area contributed by atoms with Crippen molar-refractivity contribution in [3.63, 3.8) is 0 Å². The molecule has 1 N–H and O–H groups in total. The van der Waals surface area contributed by atoms with Crippen LogP contribution in [-0.4, -0.2) is 23.3 Å². The topological polar surface area (TPSA) is 46.5 Å². The zero-order chi connectivity index (χ0) is 18.1. The van der Waals surface area contributed by atoms with Crippen LogP contribution in [0.4, 0.5) is 0 Å². The SMILES string of the molecule is CC(=O)OC[C@]1(C)CCC[C@]2(C)[C@@H]1CC[C@@]13C[C@H](CC[C@H]12)[C@](C)(O)C3. The van der Waals surface area contributed by atoms with Crippen molar-refractivity contribution in [3.8, 4) is 0 Å². The number of rotatable bonds is 2. The summed E-state index contributed by atoms with van der Waals surface area (Å²) in [5.74, 6) is 1.75. The average molecular weight is 349 g/mol. The van der Waals surface area contributed by atoms with Gasteiger partial charge in [0, 0.05) is 12.3 Å². The lowest BCUT2D eigenvalue weighted by molar-refractivity contribution is -0.173. The third-order valence-corrected chi connectivity index (χ3v) is 9.22. The minimum Gasteiger partial charge on any atom is -0.465 e. The molecule has 4 fully saturated rings. The zero-order valence-electron chi connectivity index (χ0n) is 16.6. The van der Waals surface area contributed by atoms with Crippen molar-refractivity contribution in [1.29, 1.82) is 0 Å². The molecule has 2 bridgehead atoms. The molecule has 4 aliphatic rings. The Morgan fingerprint density at radius 3 is 2.56 bits per heavy atom. The maximum atomic E-state index is 11.4. The smallest absolute Gasteiger partial charge is 0.302 e. The highest BCUT2D eigenvalue weighted by molar-refractivity contribution is 5.65. The normalized spacial score (nSPS) is 54.5. The number of aliphatic hydroxyl groups is 1. The summed E-state index contributed by atoms with van der Waals surface area (Å²) in [6.07, 6.45) is 11.0. The van der Waals surface area contributed by atoms with E-state index < -0.39 is 5.60 Å². The second-order valence-corrected chi connectivity index (χ2v) is 10.8. The van der Waals surface area contributed by atoms with Crippen LogP contribution in [0.25, 0.3) is 0 Å². The van der Waals surface area contributed by atoms with Crippen molar-refractivity contribution >= 4 is 5.97 Å². The molecule has 0 amide bonds. The van der Waals surface area contributed by atoms with Crippen LogP contribution in [0.15, 0.2) is 0 Å². The third kappa shape index (κ3) is 2.51. The van der Waals surface area contributed by atoms with Gasteiger partial charge in [-0.25, -0.2) is 0 Å². The Kier molecular flexibility index (Phi) is 3.90. The summed E-state index contributed by atoms with van der Waals surface area (Å²) in [4.78, 5) is 11.4. The fourth-order valence-corrected chi connectivity index (χ4v) is 8.37. The van der Waals surface area contributed by atoms with E-state index in [0.717, 1.165) is 12.3 Å². The Morgan fingerprint density at radius 2 is 1.84 bits per heavy atom.